The second-order valence-electron chi connectivity index (χ2n) is 10.1. The van der Waals surface area contributed by atoms with Crippen LogP contribution >= 0.6 is 0 Å². The normalized spacial score (nSPS) is 16.9. The van der Waals surface area contributed by atoms with E-state index in [1.165, 1.54) is 0 Å². The van der Waals surface area contributed by atoms with E-state index in [-0.39, 0.29) is 10.3 Å². The molecule has 1 aliphatic heterocycles. The van der Waals surface area contributed by atoms with Gasteiger partial charge in [-0.15, -0.1) is 0 Å². The van der Waals surface area contributed by atoms with Crippen LogP contribution in [0.1, 0.15) is 64.4 Å². The van der Waals surface area contributed by atoms with E-state index in [1.54, 1.807) is 39.0 Å². The van der Waals surface area contributed by atoms with Gasteiger partial charge >= 0.3 is 213 Å². The van der Waals surface area contributed by atoms with Gasteiger partial charge in [-0.2, -0.15) is 0 Å². The summed E-state index contributed by atoms with van der Waals surface area (Å²) < 4.78 is 23.6. The first kappa shape index (κ1) is 26.5. The number of hydrogen-bond acceptors (Lipinski definition) is 6. The van der Waals surface area contributed by atoms with Crippen molar-refractivity contribution in [1.82, 2.24) is 5.32 Å². The average Bonchev–Trinajstić information content (AvgIpc) is 2.97. The van der Waals surface area contributed by atoms with E-state index in [1.807, 2.05) is 58.0 Å². The van der Waals surface area contributed by atoms with E-state index < -0.39 is 51.6 Å². The minimum absolute atomic E-state index is 0.0273. The Balaban J connectivity index is 1.80. The van der Waals surface area contributed by atoms with Crippen molar-refractivity contribution >= 4 is 22.5 Å². The van der Waals surface area contributed by atoms with Crippen molar-refractivity contribution in [1.29, 1.82) is 0 Å². The molecule has 1 fully saturated rings. The maximum absolute atomic E-state index is 12.6. The Kier molecular flexibility index (Phi) is 7.99. The molecule has 0 saturated carbocycles. The van der Waals surface area contributed by atoms with Gasteiger partial charge in [0.2, 0.25) is 0 Å². The molecule has 2 aromatic carbocycles. The summed E-state index contributed by atoms with van der Waals surface area (Å²) in [6, 6.07) is 14.6. The standard InChI is InChI=1S/C25H32BINO6/c1-23(2,3)31-22(30)28-16-18-15-19(26-33-24(4,5)25(6,7)34-26)13-14-20(18)32-27-21(29)17-11-9-8-10-12-17/h8-15H,16H2,1-7H3,(H,28,30)/q-1. The number of ether oxygens (including phenoxy) is 1. The summed E-state index contributed by atoms with van der Waals surface area (Å²) >= 11 is -1.26. The average molecular weight is 580 g/mol. The molecule has 0 unspecified atom stereocenters. The Bertz CT molecular complexity index is 1020. The van der Waals surface area contributed by atoms with Gasteiger partial charge in [0.05, 0.1) is 0 Å². The fraction of sp³-hybridized carbons (Fsp3) is 0.440. The zero-order valence-electron chi connectivity index (χ0n) is 20.7. The number of alkyl carbamates (subject to hydrolysis) is 1. The third-order valence-electron chi connectivity index (χ3n) is 5.62. The Morgan fingerprint density at radius 3 is 2.21 bits per heavy atom. The minimum atomic E-state index is -1.26. The number of benzene rings is 2. The van der Waals surface area contributed by atoms with Crippen molar-refractivity contribution in [2.24, 2.45) is 0 Å². The quantitative estimate of drug-likeness (QED) is 0.302. The summed E-state index contributed by atoms with van der Waals surface area (Å²) in [4.78, 5) is 24.8. The van der Waals surface area contributed by atoms with Crippen molar-refractivity contribution in [2.75, 3.05) is 0 Å². The van der Waals surface area contributed by atoms with Crippen LogP contribution in [0.5, 0.6) is 5.75 Å². The first-order valence-corrected chi connectivity index (χ1v) is 13.1. The summed E-state index contributed by atoms with van der Waals surface area (Å²) in [6.07, 6.45) is -0.533. The van der Waals surface area contributed by atoms with E-state index in [0.29, 0.717) is 16.9 Å². The molecule has 1 N–H and O–H groups in total. The van der Waals surface area contributed by atoms with Crippen molar-refractivity contribution < 1.29 is 48.3 Å². The number of hydrogen-bond donors (Lipinski definition) is 1. The topological polar surface area (TPSA) is 83.1 Å². The molecule has 0 spiro atoms. The molecule has 0 aromatic heterocycles. The molecular formula is C25H32BINO6-. The predicted octanol–water partition coefficient (Wildman–Crippen LogP) is 1.23. The van der Waals surface area contributed by atoms with Gasteiger partial charge in [0.25, 0.3) is 0 Å². The number of rotatable bonds is 7. The summed E-state index contributed by atoms with van der Waals surface area (Å²) in [5, 5.41) is 2.77. The summed E-state index contributed by atoms with van der Waals surface area (Å²) in [5.41, 5.74) is 0.572. The zero-order valence-corrected chi connectivity index (χ0v) is 22.9. The molecule has 0 aliphatic carbocycles. The molecule has 7 nitrogen and oxygen atoms in total. The molecule has 0 radical (unpaired) electrons. The first-order valence-electron chi connectivity index (χ1n) is 11.1. The van der Waals surface area contributed by atoms with Crippen molar-refractivity contribution in [3.63, 3.8) is 0 Å². The number of nitrogens with one attached hydrogen (secondary N) is 1. The molecule has 1 amide bonds. The zero-order chi connectivity index (χ0) is 25.1. The van der Waals surface area contributed by atoms with Crippen LogP contribution in [-0.2, 0) is 20.6 Å². The Morgan fingerprint density at radius 1 is 1.00 bits per heavy atom. The van der Waals surface area contributed by atoms with Gasteiger partial charge in [0.1, 0.15) is 0 Å². The Morgan fingerprint density at radius 2 is 1.62 bits per heavy atom. The van der Waals surface area contributed by atoms with Gasteiger partial charge in [-0.1, -0.05) is 0 Å². The van der Waals surface area contributed by atoms with Crippen molar-refractivity contribution in [3.8, 4) is 5.75 Å². The van der Waals surface area contributed by atoms with E-state index in [0.717, 1.165) is 5.46 Å². The van der Waals surface area contributed by atoms with Gasteiger partial charge in [-0.3, -0.25) is 0 Å². The predicted molar refractivity (Wildman–Crippen MR) is 127 cm³/mol. The molecular weight excluding hydrogens is 548 g/mol. The van der Waals surface area contributed by atoms with Crippen LogP contribution < -0.4 is 35.5 Å². The fourth-order valence-electron chi connectivity index (χ4n) is 3.11. The molecule has 184 valence electrons. The maximum atomic E-state index is 12.6. The van der Waals surface area contributed by atoms with Crippen LogP contribution in [0, 0.1) is 0 Å². The van der Waals surface area contributed by atoms with E-state index in [2.05, 4.69) is 5.32 Å². The Hall–Kier alpha value is -2.11. The number of amides is 1. The molecule has 1 heterocycles. The van der Waals surface area contributed by atoms with Gasteiger partial charge in [0.15, 0.2) is 0 Å². The van der Waals surface area contributed by atoms with Crippen LogP contribution in [0.2, 0.25) is 0 Å². The summed E-state index contributed by atoms with van der Waals surface area (Å²) in [6.45, 7) is 13.6. The molecule has 34 heavy (non-hydrogen) atoms. The molecule has 0 atom stereocenters. The van der Waals surface area contributed by atoms with E-state index in [9.17, 15) is 9.59 Å². The van der Waals surface area contributed by atoms with Crippen LogP contribution in [0.4, 0.5) is 4.79 Å². The van der Waals surface area contributed by atoms with Crippen LogP contribution in [0.15, 0.2) is 48.5 Å². The van der Waals surface area contributed by atoms with Gasteiger partial charge in [-0.25, -0.2) is 0 Å². The third-order valence-corrected chi connectivity index (χ3v) is 7.34. The van der Waals surface area contributed by atoms with Crippen LogP contribution in [0.25, 0.3) is 0 Å². The number of halogens is 1. The van der Waals surface area contributed by atoms with Crippen molar-refractivity contribution in [2.45, 2.75) is 71.8 Å². The molecule has 3 rings (SSSR count). The van der Waals surface area contributed by atoms with E-state index in [4.69, 9.17) is 17.1 Å². The fourth-order valence-corrected chi connectivity index (χ4v) is 4.59. The van der Waals surface area contributed by atoms with Crippen LogP contribution in [0.3, 0.4) is 0 Å². The number of carbonyl (C=O) groups is 2. The third kappa shape index (κ3) is 6.73. The number of carbonyl (C=O) groups excluding carboxylic acids is 2. The summed E-state index contributed by atoms with van der Waals surface area (Å²) in [5.74, 6) is 0.536. The van der Waals surface area contributed by atoms with Crippen LogP contribution in [-0.4, -0.2) is 33.8 Å². The molecule has 9 heteroatoms. The SMILES string of the molecule is CC(C)(C)OC(=O)NCc1cc(B2OC(C)(C)C(C)(C)O2)ccc1O[I-]C(=O)c1ccccc1. The molecule has 0 bridgehead atoms. The molecule has 2 aromatic rings. The first-order chi connectivity index (χ1) is 15.8. The Labute approximate surface area is 212 Å². The summed E-state index contributed by atoms with van der Waals surface area (Å²) in [7, 11) is -0.556. The molecule has 1 aliphatic rings. The van der Waals surface area contributed by atoms with E-state index >= 15 is 0 Å². The van der Waals surface area contributed by atoms with Gasteiger partial charge in [-0.05, 0) is 0 Å². The monoisotopic (exact) mass is 580 g/mol. The second-order valence-corrected chi connectivity index (χ2v) is 12.0. The second kappa shape index (κ2) is 10.3. The van der Waals surface area contributed by atoms with Gasteiger partial charge < -0.3 is 0 Å². The van der Waals surface area contributed by atoms with Gasteiger partial charge in [0, 0.05) is 0 Å². The van der Waals surface area contributed by atoms with Crippen molar-refractivity contribution in [3.05, 3.63) is 59.7 Å². The molecule has 1 saturated heterocycles.